The van der Waals surface area contributed by atoms with Crippen LogP contribution in [0.3, 0.4) is 0 Å². The minimum Gasteiger partial charge on any atom is -0.381 e. The lowest BCUT2D eigenvalue weighted by molar-refractivity contribution is 0.126. The molecule has 1 nitrogen and oxygen atoms in total. The van der Waals surface area contributed by atoms with E-state index in [4.69, 9.17) is 4.74 Å². The first-order valence-electron chi connectivity index (χ1n) is 11.0. The molecule has 0 heterocycles. The topological polar surface area (TPSA) is 9.23 Å². The summed E-state index contributed by atoms with van der Waals surface area (Å²) >= 11 is 0. The molecule has 0 rings (SSSR count). The van der Waals surface area contributed by atoms with Gasteiger partial charge in [0.15, 0.2) is 0 Å². The molecule has 0 aromatic rings. The summed E-state index contributed by atoms with van der Waals surface area (Å²) in [4.78, 5) is 0. The van der Waals surface area contributed by atoms with Crippen LogP contribution in [0.25, 0.3) is 0 Å². The molecule has 0 saturated carbocycles. The average Bonchev–Trinajstić information content (AvgIpc) is 2.57. The first-order valence-corrected chi connectivity index (χ1v) is 11.0. The van der Waals surface area contributed by atoms with Crippen molar-refractivity contribution in [3.8, 4) is 0 Å². The third-order valence-corrected chi connectivity index (χ3v) is 4.78. The van der Waals surface area contributed by atoms with E-state index in [2.05, 4.69) is 13.8 Å². The van der Waals surface area contributed by atoms with Gasteiger partial charge in [-0.2, -0.15) is 0 Å². The SMILES string of the molecule is CCCCCCCCCCCCCCCCCOCCCCC. The monoisotopic (exact) mass is 326 g/mol. The fourth-order valence-electron chi connectivity index (χ4n) is 3.13. The van der Waals surface area contributed by atoms with Gasteiger partial charge in [0.2, 0.25) is 0 Å². The van der Waals surface area contributed by atoms with Crippen molar-refractivity contribution in [3.63, 3.8) is 0 Å². The second kappa shape index (κ2) is 22.0. The molecule has 0 radical (unpaired) electrons. The Morgan fingerprint density at radius 1 is 0.348 bits per heavy atom. The number of rotatable bonds is 20. The molecule has 0 bridgehead atoms. The van der Waals surface area contributed by atoms with Gasteiger partial charge < -0.3 is 4.74 Å². The van der Waals surface area contributed by atoms with Gasteiger partial charge in [-0.3, -0.25) is 0 Å². The van der Waals surface area contributed by atoms with E-state index in [9.17, 15) is 0 Å². The summed E-state index contributed by atoms with van der Waals surface area (Å²) < 4.78 is 5.65. The smallest absolute Gasteiger partial charge is 0.0466 e. The summed E-state index contributed by atoms with van der Waals surface area (Å²) in [5.74, 6) is 0. The summed E-state index contributed by atoms with van der Waals surface area (Å²) in [6.07, 6.45) is 25.3. The third-order valence-electron chi connectivity index (χ3n) is 4.78. The molecular formula is C22H46O. The fraction of sp³-hybridized carbons (Fsp3) is 1.00. The lowest BCUT2D eigenvalue weighted by Gasteiger charge is -2.04. The standard InChI is InChI=1S/C22H46O/c1-3-5-7-8-9-10-11-12-13-14-15-16-17-18-20-22-23-21-19-6-4-2/h3-22H2,1-2H3. The van der Waals surface area contributed by atoms with Gasteiger partial charge in [0.1, 0.15) is 0 Å². The molecule has 23 heavy (non-hydrogen) atoms. The minimum absolute atomic E-state index is 0.979. The Morgan fingerprint density at radius 2 is 0.609 bits per heavy atom. The Balaban J connectivity index is 2.92. The van der Waals surface area contributed by atoms with Crippen molar-refractivity contribution in [2.24, 2.45) is 0 Å². The lowest BCUT2D eigenvalue weighted by atomic mass is 10.0. The van der Waals surface area contributed by atoms with Gasteiger partial charge in [-0.05, 0) is 12.8 Å². The van der Waals surface area contributed by atoms with Crippen LogP contribution >= 0.6 is 0 Å². The van der Waals surface area contributed by atoms with Crippen molar-refractivity contribution in [2.45, 2.75) is 129 Å². The maximum Gasteiger partial charge on any atom is 0.0466 e. The van der Waals surface area contributed by atoms with E-state index in [0.29, 0.717) is 0 Å². The molecule has 0 saturated heterocycles. The van der Waals surface area contributed by atoms with Crippen molar-refractivity contribution in [2.75, 3.05) is 13.2 Å². The zero-order chi connectivity index (χ0) is 16.8. The fourth-order valence-corrected chi connectivity index (χ4v) is 3.13. The predicted octanol–water partition coefficient (Wildman–Crippen LogP) is 8.06. The Bertz CT molecular complexity index is 170. The molecular weight excluding hydrogens is 280 g/mol. The van der Waals surface area contributed by atoms with E-state index in [-0.39, 0.29) is 0 Å². The van der Waals surface area contributed by atoms with Gasteiger partial charge >= 0.3 is 0 Å². The van der Waals surface area contributed by atoms with Crippen molar-refractivity contribution in [1.82, 2.24) is 0 Å². The van der Waals surface area contributed by atoms with E-state index in [1.54, 1.807) is 0 Å². The summed E-state index contributed by atoms with van der Waals surface area (Å²) in [6, 6.07) is 0. The van der Waals surface area contributed by atoms with Gasteiger partial charge in [-0.1, -0.05) is 117 Å². The van der Waals surface area contributed by atoms with Crippen LogP contribution in [0.2, 0.25) is 0 Å². The van der Waals surface area contributed by atoms with E-state index in [1.165, 1.54) is 116 Å². The van der Waals surface area contributed by atoms with E-state index in [1.807, 2.05) is 0 Å². The van der Waals surface area contributed by atoms with Crippen LogP contribution < -0.4 is 0 Å². The Labute approximate surface area is 148 Å². The van der Waals surface area contributed by atoms with Crippen molar-refractivity contribution < 1.29 is 4.74 Å². The second-order valence-corrected chi connectivity index (χ2v) is 7.27. The van der Waals surface area contributed by atoms with Crippen LogP contribution in [0.4, 0.5) is 0 Å². The molecule has 140 valence electrons. The summed E-state index contributed by atoms with van der Waals surface area (Å²) in [6.45, 7) is 6.51. The highest BCUT2D eigenvalue weighted by Gasteiger charge is 1.94. The Morgan fingerprint density at radius 3 is 1.00 bits per heavy atom. The van der Waals surface area contributed by atoms with Gasteiger partial charge in [0, 0.05) is 13.2 Å². The highest BCUT2D eigenvalue weighted by atomic mass is 16.5. The molecule has 0 amide bonds. The van der Waals surface area contributed by atoms with Crippen molar-refractivity contribution in [1.29, 1.82) is 0 Å². The van der Waals surface area contributed by atoms with Gasteiger partial charge in [0.25, 0.3) is 0 Å². The maximum absolute atomic E-state index is 5.65. The molecule has 0 fully saturated rings. The molecule has 0 unspecified atom stereocenters. The summed E-state index contributed by atoms with van der Waals surface area (Å²) in [5, 5.41) is 0. The van der Waals surface area contributed by atoms with Crippen LogP contribution in [0, 0.1) is 0 Å². The summed E-state index contributed by atoms with van der Waals surface area (Å²) in [5.41, 5.74) is 0. The number of unbranched alkanes of at least 4 members (excludes halogenated alkanes) is 16. The number of ether oxygens (including phenoxy) is 1. The Hall–Kier alpha value is -0.0400. The molecule has 1 heteroatoms. The number of hydrogen-bond acceptors (Lipinski definition) is 1. The molecule has 0 N–H and O–H groups in total. The molecule has 0 atom stereocenters. The van der Waals surface area contributed by atoms with Crippen molar-refractivity contribution >= 4 is 0 Å². The maximum atomic E-state index is 5.65. The van der Waals surface area contributed by atoms with Crippen LogP contribution in [0.15, 0.2) is 0 Å². The average molecular weight is 327 g/mol. The van der Waals surface area contributed by atoms with Crippen LogP contribution in [0.1, 0.15) is 129 Å². The van der Waals surface area contributed by atoms with Gasteiger partial charge in [-0.25, -0.2) is 0 Å². The molecule has 0 aliphatic carbocycles. The zero-order valence-electron chi connectivity index (χ0n) is 16.6. The molecule has 0 aliphatic rings. The first-order chi connectivity index (χ1) is 11.4. The molecule has 0 aromatic heterocycles. The van der Waals surface area contributed by atoms with Crippen LogP contribution in [0.5, 0.6) is 0 Å². The molecule has 0 aliphatic heterocycles. The normalized spacial score (nSPS) is 11.2. The molecule has 0 spiro atoms. The number of hydrogen-bond donors (Lipinski definition) is 0. The van der Waals surface area contributed by atoms with Gasteiger partial charge in [-0.15, -0.1) is 0 Å². The van der Waals surface area contributed by atoms with E-state index >= 15 is 0 Å². The highest BCUT2D eigenvalue weighted by Crippen LogP contribution is 2.13. The van der Waals surface area contributed by atoms with E-state index in [0.717, 1.165) is 13.2 Å². The summed E-state index contributed by atoms with van der Waals surface area (Å²) in [7, 11) is 0. The largest absolute Gasteiger partial charge is 0.381 e. The van der Waals surface area contributed by atoms with Gasteiger partial charge in [0.05, 0.1) is 0 Å². The van der Waals surface area contributed by atoms with Crippen LogP contribution in [-0.4, -0.2) is 13.2 Å². The molecule has 0 aromatic carbocycles. The predicted molar refractivity (Wildman–Crippen MR) is 105 cm³/mol. The lowest BCUT2D eigenvalue weighted by Crippen LogP contribution is -1.96. The van der Waals surface area contributed by atoms with Crippen LogP contribution in [-0.2, 0) is 4.74 Å². The minimum atomic E-state index is 0.979. The second-order valence-electron chi connectivity index (χ2n) is 7.27. The highest BCUT2D eigenvalue weighted by molar-refractivity contribution is 4.49. The quantitative estimate of drug-likeness (QED) is 0.205. The third kappa shape index (κ3) is 22.0. The zero-order valence-corrected chi connectivity index (χ0v) is 16.6. The van der Waals surface area contributed by atoms with Crippen molar-refractivity contribution in [3.05, 3.63) is 0 Å². The Kier molecular flexibility index (Phi) is 21.9. The van der Waals surface area contributed by atoms with E-state index < -0.39 is 0 Å². The first kappa shape index (κ1) is 23.0.